The number of carbonyl (C=O) groups is 2. The summed E-state index contributed by atoms with van der Waals surface area (Å²) in [5.41, 5.74) is 5.06. The Bertz CT molecular complexity index is 1330. The average Bonchev–Trinajstić information content (AvgIpc) is 3.11. The number of halogens is 2. The minimum atomic E-state index is -0.413. The third-order valence-corrected chi connectivity index (χ3v) is 6.30. The Morgan fingerprint density at radius 1 is 1.00 bits per heavy atom. The quantitative estimate of drug-likeness (QED) is 0.279. The first-order valence-electron chi connectivity index (χ1n) is 9.60. The lowest BCUT2D eigenvalue weighted by atomic mass is 10.2. The van der Waals surface area contributed by atoms with E-state index in [4.69, 9.17) is 11.6 Å². The summed E-state index contributed by atoms with van der Waals surface area (Å²) in [4.78, 5) is 25.4. The van der Waals surface area contributed by atoms with Gasteiger partial charge in [-0.2, -0.15) is 5.10 Å². The van der Waals surface area contributed by atoms with Gasteiger partial charge in [0.15, 0.2) is 0 Å². The summed E-state index contributed by atoms with van der Waals surface area (Å²) < 4.78 is 13.9. The summed E-state index contributed by atoms with van der Waals surface area (Å²) in [7, 11) is 0. The van der Waals surface area contributed by atoms with E-state index in [2.05, 4.69) is 15.8 Å². The van der Waals surface area contributed by atoms with Crippen molar-refractivity contribution in [2.75, 3.05) is 5.32 Å². The van der Waals surface area contributed by atoms with Crippen molar-refractivity contribution < 1.29 is 14.0 Å². The molecule has 4 rings (SSSR count). The second kappa shape index (κ2) is 9.30. The van der Waals surface area contributed by atoms with Crippen LogP contribution in [0.5, 0.6) is 0 Å². The van der Waals surface area contributed by atoms with Crippen LogP contribution in [0.25, 0.3) is 10.1 Å². The number of aryl methyl sites for hydroxylation is 1. The molecule has 0 saturated carbocycles. The molecule has 0 aliphatic rings. The summed E-state index contributed by atoms with van der Waals surface area (Å²) in [5.74, 6) is -1.07. The first-order chi connectivity index (χ1) is 15.4. The molecule has 8 heteroatoms. The van der Waals surface area contributed by atoms with E-state index in [0.29, 0.717) is 26.7 Å². The number of thiophene rings is 1. The summed E-state index contributed by atoms with van der Waals surface area (Å²) >= 11 is 7.74. The highest BCUT2D eigenvalue weighted by Gasteiger charge is 2.17. The van der Waals surface area contributed by atoms with Gasteiger partial charge in [0.05, 0.1) is 11.2 Å². The van der Waals surface area contributed by atoms with Crippen LogP contribution in [0, 0.1) is 12.7 Å². The third-order valence-electron chi connectivity index (χ3n) is 4.65. The molecule has 0 bridgehead atoms. The molecule has 0 aliphatic carbocycles. The van der Waals surface area contributed by atoms with Crippen molar-refractivity contribution in [1.82, 2.24) is 5.43 Å². The lowest BCUT2D eigenvalue weighted by Crippen LogP contribution is -2.17. The standard InChI is InChI=1S/C24H17ClFN3O2S/c1-14-2-11-19-20(12-14)32-22(21(19)25)24(31)28-18-9-5-16(6-10-18)23(30)29-27-13-15-3-7-17(26)8-4-15/h2-13H,1H3,(H,28,31)(H,29,30)/b27-13-. The second-order valence-electron chi connectivity index (χ2n) is 7.03. The topological polar surface area (TPSA) is 70.6 Å². The minimum absolute atomic E-state index is 0.310. The molecular formula is C24H17ClFN3O2S. The van der Waals surface area contributed by atoms with Gasteiger partial charge in [-0.25, -0.2) is 9.82 Å². The summed E-state index contributed by atoms with van der Waals surface area (Å²) in [6, 6.07) is 18.0. The lowest BCUT2D eigenvalue weighted by molar-refractivity contribution is 0.0954. The molecule has 3 aromatic carbocycles. The number of benzene rings is 3. The van der Waals surface area contributed by atoms with Gasteiger partial charge in [-0.1, -0.05) is 35.9 Å². The second-order valence-corrected chi connectivity index (χ2v) is 8.46. The van der Waals surface area contributed by atoms with Gasteiger partial charge in [-0.05, 0) is 60.5 Å². The molecule has 160 valence electrons. The maximum atomic E-state index is 12.9. The van der Waals surface area contributed by atoms with Crippen LogP contribution in [0.2, 0.25) is 5.02 Å². The van der Waals surface area contributed by atoms with E-state index < -0.39 is 5.91 Å². The zero-order chi connectivity index (χ0) is 22.7. The number of fused-ring (bicyclic) bond motifs is 1. The SMILES string of the molecule is Cc1ccc2c(Cl)c(C(=O)Nc3ccc(C(=O)N/N=C\c4ccc(F)cc4)cc3)sc2c1. The fourth-order valence-electron chi connectivity index (χ4n) is 2.99. The van der Waals surface area contributed by atoms with Crippen LogP contribution >= 0.6 is 22.9 Å². The number of anilines is 1. The Kier molecular flexibility index (Phi) is 6.30. The van der Waals surface area contributed by atoms with Gasteiger partial charge in [0.1, 0.15) is 10.7 Å². The van der Waals surface area contributed by atoms with Gasteiger partial charge >= 0.3 is 0 Å². The Labute approximate surface area is 192 Å². The molecule has 0 fully saturated rings. The van der Waals surface area contributed by atoms with Crippen molar-refractivity contribution in [3.05, 3.63) is 99.1 Å². The van der Waals surface area contributed by atoms with E-state index in [1.165, 1.54) is 29.7 Å². The number of amides is 2. The van der Waals surface area contributed by atoms with Gasteiger partial charge < -0.3 is 5.32 Å². The molecule has 0 aliphatic heterocycles. The fraction of sp³-hybridized carbons (Fsp3) is 0.0417. The predicted octanol–water partition coefficient (Wildman–Crippen LogP) is 6.02. The maximum Gasteiger partial charge on any atom is 0.271 e. The highest BCUT2D eigenvalue weighted by atomic mass is 35.5. The van der Waals surface area contributed by atoms with Crippen molar-refractivity contribution in [2.45, 2.75) is 6.92 Å². The molecule has 4 aromatic rings. The summed E-state index contributed by atoms with van der Waals surface area (Å²) in [6.45, 7) is 1.98. The van der Waals surface area contributed by atoms with Crippen molar-refractivity contribution >= 4 is 56.7 Å². The summed E-state index contributed by atoms with van der Waals surface area (Å²) in [6.07, 6.45) is 1.42. The number of rotatable bonds is 5. The van der Waals surface area contributed by atoms with E-state index in [0.717, 1.165) is 15.6 Å². The van der Waals surface area contributed by atoms with Crippen molar-refractivity contribution in [1.29, 1.82) is 0 Å². The van der Waals surface area contributed by atoms with Crippen LogP contribution in [0.3, 0.4) is 0 Å². The van der Waals surface area contributed by atoms with Crippen molar-refractivity contribution in [3.8, 4) is 0 Å². The number of hydrogen-bond donors (Lipinski definition) is 2. The highest BCUT2D eigenvalue weighted by Crippen LogP contribution is 2.36. The number of nitrogens with zero attached hydrogens (tertiary/aromatic N) is 1. The molecule has 0 unspecified atom stereocenters. The molecule has 2 amide bonds. The number of carbonyl (C=O) groups excluding carboxylic acids is 2. The van der Waals surface area contributed by atoms with Crippen molar-refractivity contribution in [2.24, 2.45) is 5.10 Å². The predicted molar refractivity (Wildman–Crippen MR) is 127 cm³/mol. The summed E-state index contributed by atoms with van der Waals surface area (Å²) in [5, 5.41) is 7.95. The molecule has 0 radical (unpaired) electrons. The van der Waals surface area contributed by atoms with Gasteiger partial charge in [-0.15, -0.1) is 11.3 Å². The first kappa shape index (κ1) is 21.7. The van der Waals surface area contributed by atoms with E-state index in [-0.39, 0.29) is 11.7 Å². The van der Waals surface area contributed by atoms with E-state index >= 15 is 0 Å². The van der Waals surface area contributed by atoms with E-state index in [1.807, 2.05) is 25.1 Å². The fourth-order valence-corrected chi connectivity index (χ4v) is 4.50. The van der Waals surface area contributed by atoms with Gasteiger partial charge in [-0.3, -0.25) is 9.59 Å². The molecule has 5 nitrogen and oxygen atoms in total. The lowest BCUT2D eigenvalue weighted by Gasteiger charge is -2.05. The molecular weight excluding hydrogens is 449 g/mol. The number of nitrogens with one attached hydrogen (secondary N) is 2. The normalized spacial score (nSPS) is 11.1. The van der Waals surface area contributed by atoms with Crippen LogP contribution in [-0.2, 0) is 0 Å². The minimum Gasteiger partial charge on any atom is -0.321 e. The van der Waals surface area contributed by atoms with Gasteiger partial charge in [0.25, 0.3) is 11.8 Å². The Morgan fingerprint density at radius 2 is 1.72 bits per heavy atom. The molecule has 1 heterocycles. The Morgan fingerprint density at radius 3 is 2.44 bits per heavy atom. The molecule has 0 saturated heterocycles. The monoisotopic (exact) mass is 465 g/mol. The van der Waals surface area contributed by atoms with Crippen LogP contribution in [0.15, 0.2) is 71.8 Å². The molecule has 0 atom stereocenters. The van der Waals surface area contributed by atoms with Crippen LogP contribution in [-0.4, -0.2) is 18.0 Å². The Balaban J connectivity index is 1.40. The molecule has 1 aromatic heterocycles. The van der Waals surface area contributed by atoms with E-state index in [9.17, 15) is 14.0 Å². The van der Waals surface area contributed by atoms with Crippen LogP contribution in [0.4, 0.5) is 10.1 Å². The van der Waals surface area contributed by atoms with Crippen molar-refractivity contribution in [3.63, 3.8) is 0 Å². The number of hydrogen-bond acceptors (Lipinski definition) is 4. The first-order valence-corrected chi connectivity index (χ1v) is 10.8. The Hall–Kier alpha value is -3.55. The zero-order valence-corrected chi connectivity index (χ0v) is 18.4. The largest absolute Gasteiger partial charge is 0.321 e. The van der Waals surface area contributed by atoms with Gasteiger partial charge in [0, 0.05) is 21.3 Å². The molecule has 32 heavy (non-hydrogen) atoms. The van der Waals surface area contributed by atoms with Crippen LogP contribution in [0.1, 0.15) is 31.2 Å². The zero-order valence-electron chi connectivity index (χ0n) is 16.9. The average molecular weight is 466 g/mol. The van der Waals surface area contributed by atoms with Gasteiger partial charge in [0.2, 0.25) is 0 Å². The smallest absolute Gasteiger partial charge is 0.271 e. The highest BCUT2D eigenvalue weighted by molar-refractivity contribution is 7.21. The van der Waals surface area contributed by atoms with E-state index in [1.54, 1.807) is 36.4 Å². The number of hydrazone groups is 1. The van der Waals surface area contributed by atoms with Crippen LogP contribution < -0.4 is 10.7 Å². The maximum absolute atomic E-state index is 12.9. The third kappa shape index (κ3) is 4.85. The molecule has 2 N–H and O–H groups in total. The molecule has 0 spiro atoms.